The fourth-order valence-electron chi connectivity index (χ4n) is 1.91. The Labute approximate surface area is 132 Å². The number of hydrogen-bond donors (Lipinski definition) is 1. The van der Waals surface area contributed by atoms with Gasteiger partial charge in [-0.3, -0.25) is 4.79 Å². The molecule has 1 heterocycles. The van der Waals surface area contributed by atoms with Crippen molar-refractivity contribution in [2.75, 3.05) is 32.8 Å². The minimum atomic E-state index is -0.427. The number of amides is 1. The van der Waals surface area contributed by atoms with E-state index in [-0.39, 0.29) is 37.1 Å². The molecule has 2 rings (SSSR count). The minimum Gasteiger partial charge on any atom is -0.490 e. The molecular weight excluding hydrogens is 351 g/mol. The van der Waals surface area contributed by atoms with E-state index >= 15 is 0 Å². The summed E-state index contributed by atoms with van der Waals surface area (Å²) in [6.07, 6.45) is 0.273. The second kappa shape index (κ2) is 8.44. The smallest absolute Gasteiger partial charge is 0.226 e. The second-order valence-electron chi connectivity index (χ2n) is 4.30. The Balaban J connectivity index is 0.00000200. The summed E-state index contributed by atoms with van der Waals surface area (Å²) in [6, 6.07) is 4.60. The van der Waals surface area contributed by atoms with Crippen molar-refractivity contribution in [2.24, 2.45) is 0 Å². The second-order valence-corrected chi connectivity index (χ2v) is 5.22. The molecule has 1 N–H and O–H groups in total. The maximum atomic E-state index is 13.5. The fraction of sp³-hybridized carbons (Fsp3) is 0.462. The zero-order chi connectivity index (χ0) is 13.7. The highest BCUT2D eigenvalue weighted by Crippen LogP contribution is 2.21. The van der Waals surface area contributed by atoms with Crippen molar-refractivity contribution in [3.8, 4) is 5.75 Å². The average Bonchev–Trinajstić information content (AvgIpc) is 2.42. The quantitative estimate of drug-likeness (QED) is 0.887. The van der Waals surface area contributed by atoms with E-state index in [2.05, 4.69) is 21.2 Å². The fourth-order valence-corrected chi connectivity index (χ4v) is 2.25. The van der Waals surface area contributed by atoms with Gasteiger partial charge in [-0.1, -0.05) is 15.9 Å². The van der Waals surface area contributed by atoms with Crippen molar-refractivity contribution in [3.05, 3.63) is 28.5 Å². The van der Waals surface area contributed by atoms with E-state index in [1.807, 2.05) is 0 Å². The van der Waals surface area contributed by atoms with Gasteiger partial charge in [0.15, 0.2) is 11.6 Å². The molecule has 1 aliphatic heterocycles. The van der Waals surface area contributed by atoms with Crippen LogP contribution in [0, 0.1) is 5.82 Å². The summed E-state index contributed by atoms with van der Waals surface area (Å²) in [4.78, 5) is 13.6. The third kappa shape index (κ3) is 4.92. The molecule has 1 fully saturated rings. The average molecular weight is 368 g/mol. The van der Waals surface area contributed by atoms with Crippen LogP contribution in [0.4, 0.5) is 4.39 Å². The first-order chi connectivity index (χ1) is 9.16. The van der Waals surface area contributed by atoms with Gasteiger partial charge in [-0.2, -0.15) is 0 Å². The van der Waals surface area contributed by atoms with E-state index < -0.39 is 5.82 Å². The van der Waals surface area contributed by atoms with Crippen molar-refractivity contribution < 1.29 is 13.9 Å². The van der Waals surface area contributed by atoms with E-state index in [1.54, 1.807) is 17.0 Å². The highest BCUT2D eigenvalue weighted by atomic mass is 79.9. The van der Waals surface area contributed by atoms with Gasteiger partial charge in [0.05, 0.1) is 13.0 Å². The lowest BCUT2D eigenvalue weighted by Gasteiger charge is -2.27. The predicted octanol–water partition coefficient (Wildman–Crippen LogP) is 2.21. The summed E-state index contributed by atoms with van der Waals surface area (Å²) in [5.41, 5.74) is 0. The maximum absolute atomic E-state index is 13.5. The van der Waals surface area contributed by atoms with Crippen LogP contribution in [-0.2, 0) is 4.79 Å². The van der Waals surface area contributed by atoms with E-state index in [4.69, 9.17) is 4.74 Å². The highest BCUT2D eigenvalue weighted by molar-refractivity contribution is 9.10. The molecule has 0 bridgehead atoms. The van der Waals surface area contributed by atoms with Crippen LogP contribution in [0.25, 0.3) is 0 Å². The van der Waals surface area contributed by atoms with E-state index in [9.17, 15) is 9.18 Å². The molecule has 1 aromatic carbocycles. The zero-order valence-corrected chi connectivity index (χ0v) is 13.3. The van der Waals surface area contributed by atoms with Gasteiger partial charge in [0.25, 0.3) is 0 Å². The molecule has 1 saturated heterocycles. The molecule has 0 saturated carbocycles. The number of nitrogens with one attached hydrogen (secondary N) is 1. The van der Waals surface area contributed by atoms with Gasteiger partial charge in [0.2, 0.25) is 5.91 Å². The molecule has 0 aromatic heterocycles. The van der Waals surface area contributed by atoms with Crippen LogP contribution in [0.1, 0.15) is 6.42 Å². The van der Waals surface area contributed by atoms with Crippen molar-refractivity contribution >= 4 is 34.2 Å². The summed E-state index contributed by atoms with van der Waals surface area (Å²) in [5, 5.41) is 3.19. The lowest BCUT2D eigenvalue weighted by Crippen LogP contribution is -2.46. The van der Waals surface area contributed by atoms with Gasteiger partial charge in [-0.15, -0.1) is 12.4 Å². The standard InChI is InChI=1S/C13H16BrFN2O2.ClH/c14-10-1-2-12(11(15)9-10)19-8-3-13(18)17-6-4-16-5-7-17;/h1-2,9,16H,3-8H2;1H. The monoisotopic (exact) mass is 366 g/mol. The van der Waals surface area contributed by atoms with Crippen molar-refractivity contribution in [2.45, 2.75) is 6.42 Å². The van der Waals surface area contributed by atoms with Gasteiger partial charge < -0.3 is 15.0 Å². The van der Waals surface area contributed by atoms with Gasteiger partial charge in [-0.05, 0) is 18.2 Å². The van der Waals surface area contributed by atoms with E-state index in [0.29, 0.717) is 4.47 Å². The number of hydrogen-bond acceptors (Lipinski definition) is 3. The van der Waals surface area contributed by atoms with Gasteiger partial charge in [-0.25, -0.2) is 4.39 Å². The summed E-state index contributed by atoms with van der Waals surface area (Å²) in [6.45, 7) is 3.31. The third-order valence-corrected chi connectivity index (χ3v) is 3.43. The van der Waals surface area contributed by atoms with Crippen molar-refractivity contribution in [3.63, 3.8) is 0 Å². The lowest BCUT2D eigenvalue weighted by molar-refractivity contribution is -0.132. The molecule has 4 nitrogen and oxygen atoms in total. The first-order valence-electron chi connectivity index (χ1n) is 6.23. The number of piperazine rings is 1. The number of nitrogens with zero attached hydrogens (tertiary/aromatic N) is 1. The summed E-state index contributed by atoms with van der Waals surface area (Å²) < 4.78 is 19.4. The van der Waals surface area contributed by atoms with E-state index in [1.165, 1.54) is 6.07 Å². The Kier molecular flexibility index (Phi) is 7.26. The zero-order valence-electron chi connectivity index (χ0n) is 10.9. The maximum Gasteiger partial charge on any atom is 0.226 e. The molecule has 0 unspecified atom stereocenters. The molecule has 0 spiro atoms. The summed E-state index contributed by atoms with van der Waals surface area (Å²) in [7, 11) is 0. The lowest BCUT2D eigenvalue weighted by atomic mass is 10.3. The Hall–Kier alpha value is -0.850. The largest absolute Gasteiger partial charge is 0.490 e. The number of halogens is 3. The Morgan fingerprint density at radius 2 is 2.10 bits per heavy atom. The normalized spacial score (nSPS) is 14.6. The van der Waals surface area contributed by atoms with Crippen LogP contribution in [0.3, 0.4) is 0 Å². The number of ether oxygens (including phenoxy) is 1. The van der Waals surface area contributed by atoms with Crippen LogP contribution < -0.4 is 10.1 Å². The molecule has 0 radical (unpaired) electrons. The summed E-state index contributed by atoms with van der Waals surface area (Å²) >= 11 is 3.18. The van der Waals surface area contributed by atoms with Gasteiger partial charge in [0.1, 0.15) is 0 Å². The third-order valence-electron chi connectivity index (χ3n) is 2.94. The Morgan fingerprint density at radius 3 is 2.75 bits per heavy atom. The number of benzene rings is 1. The van der Waals surface area contributed by atoms with Crippen molar-refractivity contribution in [1.82, 2.24) is 10.2 Å². The summed E-state index contributed by atoms with van der Waals surface area (Å²) in [5.74, 6) is -0.195. The van der Waals surface area contributed by atoms with Crippen LogP contribution >= 0.6 is 28.3 Å². The molecule has 1 aromatic rings. The molecule has 0 atom stereocenters. The SMILES string of the molecule is Cl.O=C(CCOc1ccc(Br)cc1F)N1CCNCC1. The molecule has 1 aliphatic rings. The number of carbonyl (C=O) groups is 1. The first-order valence-corrected chi connectivity index (χ1v) is 7.02. The number of rotatable bonds is 4. The van der Waals surface area contributed by atoms with Crippen LogP contribution in [-0.4, -0.2) is 43.6 Å². The van der Waals surface area contributed by atoms with Crippen LogP contribution in [0.5, 0.6) is 5.75 Å². The molecule has 20 heavy (non-hydrogen) atoms. The Morgan fingerprint density at radius 1 is 1.40 bits per heavy atom. The van der Waals surface area contributed by atoms with E-state index in [0.717, 1.165) is 26.2 Å². The molecule has 7 heteroatoms. The molecule has 1 amide bonds. The van der Waals surface area contributed by atoms with Gasteiger partial charge >= 0.3 is 0 Å². The highest BCUT2D eigenvalue weighted by Gasteiger charge is 2.16. The van der Waals surface area contributed by atoms with Crippen LogP contribution in [0.15, 0.2) is 22.7 Å². The van der Waals surface area contributed by atoms with Crippen LogP contribution in [0.2, 0.25) is 0 Å². The number of carbonyl (C=O) groups excluding carboxylic acids is 1. The Bertz CT molecular complexity index is 456. The molecule has 112 valence electrons. The molecule has 0 aliphatic carbocycles. The van der Waals surface area contributed by atoms with Gasteiger partial charge in [0, 0.05) is 30.7 Å². The topological polar surface area (TPSA) is 41.6 Å². The first kappa shape index (κ1) is 17.2. The van der Waals surface area contributed by atoms with Crippen molar-refractivity contribution in [1.29, 1.82) is 0 Å². The molecular formula is C13H17BrClFN2O2. The predicted molar refractivity (Wildman–Crippen MR) is 80.9 cm³/mol. The minimum absolute atomic E-state index is 0.